The minimum atomic E-state index is -0.0630. The number of carbonyl (C=O) groups excluding carboxylic acids is 1. The lowest BCUT2D eigenvalue weighted by Crippen LogP contribution is -2.16. The molecule has 3 rings (SSSR count). The molecule has 0 spiro atoms. The van der Waals surface area contributed by atoms with Gasteiger partial charge in [0.1, 0.15) is 0 Å². The van der Waals surface area contributed by atoms with Crippen LogP contribution in [0.1, 0.15) is 86.3 Å². The van der Waals surface area contributed by atoms with E-state index in [1.165, 1.54) is 15.8 Å². The number of anilines is 2. The van der Waals surface area contributed by atoms with Crippen molar-refractivity contribution in [3.8, 4) is 0 Å². The minimum Gasteiger partial charge on any atom is -0.350 e. The van der Waals surface area contributed by atoms with Crippen molar-refractivity contribution in [3.63, 3.8) is 0 Å². The summed E-state index contributed by atoms with van der Waals surface area (Å²) < 4.78 is 1.39. The monoisotopic (exact) mass is 433 g/mol. The molecule has 0 unspecified atom stereocenters. The largest absolute Gasteiger partial charge is 0.350 e. The van der Waals surface area contributed by atoms with Crippen LogP contribution in [0, 0.1) is 0 Å². The van der Waals surface area contributed by atoms with E-state index in [0.29, 0.717) is 43.2 Å². The summed E-state index contributed by atoms with van der Waals surface area (Å²) in [6.45, 7) is 11.9. The molecule has 32 heavy (non-hydrogen) atoms. The average Bonchev–Trinajstić information content (AvgIpc) is 3.20. The first kappa shape index (κ1) is 23.5. The predicted molar refractivity (Wildman–Crippen MR) is 131 cm³/mol. The first-order valence-corrected chi connectivity index (χ1v) is 11.5. The standard InChI is InChI=1S/C26H35N5O/c1-6-7-24(32)31-26(28-17-21-10-14-23(15-11-21)19(4)5)29-25(30-31)27-16-20-8-12-22(13-9-20)18(2)3/h8-15,18-19H,6-7,16-17H2,1-5H3,(H2,27,28,29,30). The van der Waals surface area contributed by atoms with Gasteiger partial charge in [-0.3, -0.25) is 4.79 Å². The second-order valence-electron chi connectivity index (χ2n) is 8.81. The predicted octanol–water partition coefficient (Wildman–Crippen LogP) is 6.19. The van der Waals surface area contributed by atoms with Gasteiger partial charge in [0.2, 0.25) is 17.8 Å². The van der Waals surface area contributed by atoms with Crippen molar-refractivity contribution in [1.29, 1.82) is 0 Å². The first-order chi connectivity index (χ1) is 15.4. The van der Waals surface area contributed by atoms with Crippen LogP contribution in [-0.4, -0.2) is 20.7 Å². The number of aromatic nitrogens is 3. The van der Waals surface area contributed by atoms with Crippen molar-refractivity contribution >= 4 is 17.8 Å². The lowest BCUT2D eigenvalue weighted by molar-refractivity contribution is 0.0888. The molecule has 0 atom stereocenters. The summed E-state index contributed by atoms with van der Waals surface area (Å²) in [5, 5.41) is 11.0. The number of hydrogen-bond acceptors (Lipinski definition) is 5. The second-order valence-corrected chi connectivity index (χ2v) is 8.81. The summed E-state index contributed by atoms with van der Waals surface area (Å²) in [6, 6.07) is 17.0. The third-order valence-electron chi connectivity index (χ3n) is 5.50. The maximum atomic E-state index is 12.6. The molecule has 0 saturated carbocycles. The highest BCUT2D eigenvalue weighted by atomic mass is 16.2. The van der Waals surface area contributed by atoms with Crippen LogP contribution in [-0.2, 0) is 13.1 Å². The zero-order valence-corrected chi connectivity index (χ0v) is 19.9. The van der Waals surface area contributed by atoms with Gasteiger partial charge in [-0.05, 0) is 40.5 Å². The van der Waals surface area contributed by atoms with Gasteiger partial charge < -0.3 is 10.6 Å². The van der Waals surface area contributed by atoms with E-state index in [9.17, 15) is 4.79 Å². The van der Waals surface area contributed by atoms with Gasteiger partial charge in [0.15, 0.2) is 0 Å². The molecule has 0 saturated heterocycles. The molecule has 0 bridgehead atoms. The summed E-state index contributed by atoms with van der Waals surface area (Å²) in [6.07, 6.45) is 1.19. The Hall–Kier alpha value is -3.15. The van der Waals surface area contributed by atoms with Gasteiger partial charge in [-0.25, -0.2) is 0 Å². The fourth-order valence-corrected chi connectivity index (χ4v) is 3.40. The van der Waals surface area contributed by atoms with E-state index in [2.05, 4.69) is 96.9 Å². The molecule has 0 radical (unpaired) electrons. The van der Waals surface area contributed by atoms with Gasteiger partial charge in [-0.1, -0.05) is 83.1 Å². The van der Waals surface area contributed by atoms with E-state index < -0.39 is 0 Å². The Balaban J connectivity index is 1.69. The number of nitrogens with one attached hydrogen (secondary N) is 2. The van der Waals surface area contributed by atoms with E-state index in [-0.39, 0.29) is 5.91 Å². The minimum absolute atomic E-state index is 0.0630. The zero-order chi connectivity index (χ0) is 23.1. The van der Waals surface area contributed by atoms with E-state index in [1.807, 2.05) is 6.92 Å². The lowest BCUT2D eigenvalue weighted by atomic mass is 10.0. The molecular weight excluding hydrogens is 398 g/mol. The molecule has 1 aromatic heterocycles. The molecule has 6 nitrogen and oxygen atoms in total. The van der Waals surface area contributed by atoms with Gasteiger partial charge >= 0.3 is 0 Å². The summed E-state index contributed by atoms with van der Waals surface area (Å²) in [5.41, 5.74) is 4.90. The molecule has 170 valence electrons. The molecule has 0 aliphatic heterocycles. The molecule has 0 amide bonds. The Labute approximate surface area is 191 Å². The Morgan fingerprint density at radius 3 is 1.81 bits per heavy atom. The van der Waals surface area contributed by atoms with Crippen LogP contribution in [0.15, 0.2) is 48.5 Å². The van der Waals surface area contributed by atoms with Crippen molar-refractivity contribution < 1.29 is 4.79 Å². The van der Waals surface area contributed by atoms with E-state index in [1.54, 1.807) is 0 Å². The Kier molecular flexibility index (Phi) is 8.03. The van der Waals surface area contributed by atoms with Crippen molar-refractivity contribution in [2.45, 2.75) is 72.4 Å². The highest BCUT2D eigenvalue weighted by Gasteiger charge is 2.15. The highest BCUT2D eigenvalue weighted by Crippen LogP contribution is 2.18. The Bertz CT molecular complexity index is 1000. The maximum absolute atomic E-state index is 12.6. The van der Waals surface area contributed by atoms with Gasteiger partial charge in [-0.2, -0.15) is 9.67 Å². The molecule has 1 heterocycles. The number of carbonyl (C=O) groups is 1. The maximum Gasteiger partial charge on any atom is 0.250 e. The van der Waals surface area contributed by atoms with Crippen LogP contribution in [0.5, 0.6) is 0 Å². The number of nitrogens with zero attached hydrogens (tertiary/aromatic N) is 3. The molecule has 2 aromatic carbocycles. The molecule has 0 aliphatic rings. The van der Waals surface area contributed by atoms with Crippen molar-refractivity contribution in [2.75, 3.05) is 10.6 Å². The summed E-state index contributed by atoms with van der Waals surface area (Å²) in [7, 11) is 0. The molecule has 2 N–H and O–H groups in total. The smallest absolute Gasteiger partial charge is 0.250 e. The third-order valence-corrected chi connectivity index (χ3v) is 5.50. The van der Waals surface area contributed by atoms with Crippen LogP contribution in [0.2, 0.25) is 0 Å². The van der Waals surface area contributed by atoms with Crippen molar-refractivity contribution in [2.24, 2.45) is 0 Å². The molecule has 0 aliphatic carbocycles. The zero-order valence-electron chi connectivity index (χ0n) is 19.9. The number of benzene rings is 2. The summed E-state index contributed by atoms with van der Waals surface area (Å²) in [5.74, 6) is 1.86. The van der Waals surface area contributed by atoms with Crippen LogP contribution in [0.25, 0.3) is 0 Å². The first-order valence-electron chi connectivity index (χ1n) is 11.5. The SMILES string of the molecule is CCCC(=O)n1nc(NCc2ccc(C(C)C)cc2)nc1NCc1ccc(C(C)C)cc1. The molecule has 3 aromatic rings. The van der Waals surface area contributed by atoms with Crippen LogP contribution < -0.4 is 10.6 Å². The van der Waals surface area contributed by atoms with Gasteiger partial charge in [0, 0.05) is 19.5 Å². The van der Waals surface area contributed by atoms with E-state index >= 15 is 0 Å². The fraction of sp³-hybridized carbons (Fsp3) is 0.423. The molecular formula is C26H35N5O. The normalized spacial score (nSPS) is 11.2. The van der Waals surface area contributed by atoms with Crippen molar-refractivity contribution in [1.82, 2.24) is 14.8 Å². The Morgan fingerprint density at radius 2 is 1.34 bits per heavy atom. The molecule has 6 heteroatoms. The van der Waals surface area contributed by atoms with Crippen LogP contribution in [0.4, 0.5) is 11.9 Å². The fourth-order valence-electron chi connectivity index (χ4n) is 3.40. The summed E-state index contributed by atoms with van der Waals surface area (Å²) >= 11 is 0. The van der Waals surface area contributed by atoms with Crippen LogP contribution >= 0.6 is 0 Å². The summed E-state index contributed by atoms with van der Waals surface area (Å²) in [4.78, 5) is 17.1. The average molecular weight is 434 g/mol. The van der Waals surface area contributed by atoms with Crippen LogP contribution in [0.3, 0.4) is 0 Å². The third kappa shape index (κ3) is 6.19. The highest BCUT2D eigenvalue weighted by molar-refractivity contribution is 5.81. The second kappa shape index (κ2) is 10.9. The van der Waals surface area contributed by atoms with Gasteiger partial charge in [0.25, 0.3) is 0 Å². The number of hydrogen-bond donors (Lipinski definition) is 2. The topological polar surface area (TPSA) is 71.8 Å². The quantitative estimate of drug-likeness (QED) is 0.399. The molecule has 0 fully saturated rings. The van der Waals surface area contributed by atoms with Gasteiger partial charge in [0.05, 0.1) is 0 Å². The van der Waals surface area contributed by atoms with E-state index in [0.717, 1.165) is 17.5 Å². The van der Waals surface area contributed by atoms with Gasteiger partial charge in [-0.15, -0.1) is 5.10 Å². The van der Waals surface area contributed by atoms with E-state index in [4.69, 9.17) is 0 Å². The Morgan fingerprint density at radius 1 is 0.844 bits per heavy atom. The van der Waals surface area contributed by atoms with Crippen molar-refractivity contribution in [3.05, 3.63) is 70.8 Å². The number of rotatable bonds is 10. The lowest BCUT2D eigenvalue weighted by Gasteiger charge is -2.09.